The quantitative estimate of drug-likeness (QED) is 0.535. The summed E-state index contributed by atoms with van der Waals surface area (Å²) in [6.45, 7) is 9.81. The number of benzene rings is 1. The monoisotopic (exact) mass is 413 g/mol. The molecule has 3 rings (SSSR count). The lowest BCUT2D eigenvalue weighted by Gasteiger charge is -2.29. The predicted molar refractivity (Wildman–Crippen MR) is 120 cm³/mol. The van der Waals surface area contributed by atoms with E-state index in [1.165, 1.54) is 18.4 Å². The number of rotatable bonds is 7. The minimum Gasteiger partial charge on any atom is -0.497 e. The summed E-state index contributed by atoms with van der Waals surface area (Å²) in [7, 11) is 3.49. The van der Waals surface area contributed by atoms with Gasteiger partial charge in [0.1, 0.15) is 11.5 Å². The molecule has 0 aliphatic carbocycles. The third-order valence-electron chi connectivity index (χ3n) is 5.45. The molecule has 2 aromatic rings. The van der Waals surface area contributed by atoms with Gasteiger partial charge < -0.3 is 19.8 Å². The van der Waals surface area contributed by atoms with Crippen LogP contribution < -0.4 is 15.4 Å². The third-order valence-corrected chi connectivity index (χ3v) is 5.45. The van der Waals surface area contributed by atoms with Gasteiger partial charge in [0.2, 0.25) is 5.89 Å². The number of hydrogen-bond acceptors (Lipinski definition) is 5. The number of nitrogens with zero attached hydrogens (tertiary/aromatic N) is 3. The average Bonchev–Trinajstić information content (AvgIpc) is 3.42. The Labute approximate surface area is 179 Å². The van der Waals surface area contributed by atoms with Gasteiger partial charge in [-0.1, -0.05) is 32.9 Å². The van der Waals surface area contributed by atoms with Crippen LogP contribution in [0.15, 0.2) is 39.9 Å². The first-order chi connectivity index (χ1) is 14.4. The Morgan fingerprint density at radius 1 is 1.27 bits per heavy atom. The maximum atomic E-state index is 5.87. The van der Waals surface area contributed by atoms with Crippen LogP contribution in [0.4, 0.5) is 0 Å². The Bertz CT molecular complexity index is 834. The second kappa shape index (κ2) is 9.98. The number of ether oxygens (including phenoxy) is 1. The van der Waals surface area contributed by atoms with E-state index < -0.39 is 0 Å². The zero-order valence-electron chi connectivity index (χ0n) is 18.9. The van der Waals surface area contributed by atoms with E-state index in [0.29, 0.717) is 12.4 Å². The zero-order chi connectivity index (χ0) is 21.6. The molecule has 0 radical (unpaired) electrons. The molecule has 0 saturated carbocycles. The molecule has 164 valence electrons. The summed E-state index contributed by atoms with van der Waals surface area (Å²) in [5.41, 5.74) is 1.20. The number of nitrogens with one attached hydrogen (secondary N) is 2. The number of aliphatic imine (C=N–C) groups is 1. The van der Waals surface area contributed by atoms with Crippen LogP contribution in [0.25, 0.3) is 0 Å². The standard InChI is InChI=1S/C23H35N5O2/c1-23(2,3)20-15-25-21(30-20)16-27-22(24-4)26-14-19(28-11-6-7-12-28)17-9-8-10-18(13-17)29-5/h8-10,13,15,19H,6-7,11-12,14,16H2,1-5H3,(H2,24,26,27). The summed E-state index contributed by atoms with van der Waals surface area (Å²) in [6, 6.07) is 8.60. The highest BCUT2D eigenvalue weighted by molar-refractivity contribution is 5.79. The lowest BCUT2D eigenvalue weighted by atomic mass is 9.94. The summed E-state index contributed by atoms with van der Waals surface area (Å²) in [4.78, 5) is 11.3. The van der Waals surface area contributed by atoms with E-state index in [1.54, 1.807) is 20.4 Å². The molecule has 7 heteroatoms. The van der Waals surface area contributed by atoms with Gasteiger partial charge in [0.15, 0.2) is 5.96 Å². The van der Waals surface area contributed by atoms with Crippen LogP contribution in [0, 0.1) is 0 Å². The van der Waals surface area contributed by atoms with Gasteiger partial charge >= 0.3 is 0 Å². The SMILES string of the molecule is CN=C(NCc1ncc(C(C)(C)C)o1)NCC(c1cccc(OC)c1)N1CCCC1. The number of methoxy groups -OCH3 is 1. The number of aromatic nitrogens is 1. The molecule has 2 heterocycles. The molecule has 1 atom stereocenters. The number of hydrogen-bond donors (Lipinski definition) is 2. The van der Waals surface area contributed by atoms with E-state index in [0.717, 1.165) is 37.1 Å². The topological polar surface area (TPSA) is 74.9 Å². The first kappa shape index (κ1) is 22.2. The van der Waals surface area contributed by atoms with Crippen molar-refractivity contribution in [3.63, 3.8) is 0 Å². The number of likely N-dealkylation sites (tertiary alicyclic amines) is 1. The van der Waals surface area contributed by atoms with Crippen LogP contribution in [0.2, 0.25) is 0 Å². The van der Waals surface area contributed by atoms with Crippen molar-refractivity contribution in [3.05, 3.63) is 47.7 Å². The first-order valence-corrected chi connectivity index (χ1v) is 10.7. The molecule has 1 aromatic carbocycles. The lowest BCUT2D eigenvalue weighted by molar-refractivity contribution is 0.245. The summed E-state index contributed by atoms with van der Waals surface area (Å²) in [5, 5.41) is 6.79. The average molecular weight is 414 g/mol. The van der Waals surface area contributed by atoms with Crippen LogP contribution in [0.1, 0.15) is 56.9 Å². The fourth-order valence-electron chi connectivity index (χ4n) is 3.67. The summed E-state index contributed by atoms with van der Waals surface area (Å²) < 4.78 is 11.3. The van der Waals surface area contributed by atoms with Gasteiger partial charge in [0.05, 0.1) is 25.9 Å². The maximum absolute atomic E-state index is 5.87. The van der Waals surface area contributed by atoms with Crippen LogP contribution >= 0.6 is 0 Å². The van der Waals surface area contributed by atoms with Gasteiger partial charge in [-0.2, -0.15) is 0 Å². The van der Waals surface area contributed by atoms with Gasteiger partial charge in [-0.3, -0.25) is 9.89 Å². The van der Waals surface area contributed by atoms with E-state index in [2.05, 4.69) is 64.5 Å². The summed E-state index contributed by atoms with van der Waals surface area (Å²) >= 11 is 0. The Kier molecular flexibility index (Phi) is 7.37. The van der Waals surface area contributed by atoms with Crippen LogP contribution in [0.3, 0.4) is 0 Å². The molecule has 1 fully saturated rings. The van der Waals surface area contributed by atoms with Crippen molar-refractivity contribution in [2.45, 2.75) is 51.6 Å². The molecule has 1 aromatic heterocycles. The molecule has 0 amide bonds. The van der Waals surface area contributed by atoms with Gasteiger partial charge in [0.25, 0.3) is 0 Å². The predicted octanol–water partition coefficient (Wildman–Crippen LogP) is 3.48. The molecule has 0 spiro atoms. The summed E-state index contributed by atoms with van der Waals surface area (Å²) in [6.07, 6.45) is 4.29. The normalized spacial score (nSPS) is 16.5. The molecule has 2 N–H and O–H groups in total. The highest BCUT2D eigenvalue weighted by Gasteiger charge is 2.24. The van der Waals surface area contributed by atoms with Crippen molar-refractivity contribution in [3.8, 4) is 5.75 Å². The second-order valence-corrected chi connectivity index (χ2v) is 8.71. The Balaban J connectivity index is 1.62. The minimum absolute atomic E-state index is 0.0507. The molecule has 1 unspecified atom stereocenters. The van der Waals surface area contributed by atoms with E-state index in [9.17, 15) is 0 Å². The fourth-order valence-corrected chi connectivity index (χ4v) is 3.67. The molecular formula is C23H35N5O2. The summed E-state index contributed by atoms with van der Waals surface area (Å²) in [5.74, 6) is 3.16. The first-order valence-electron chi connectivity index (χ1n) is 10.7. The fraction of sp³-hybridized carbons (Fsp3) is 0.565. The van der Waals surface area contributed by atoms with E-state index >= 15 is 0 Å². The zero-order valence-corrected chi connectivity index (χ0v) is 18.9. The van der Waals surface area contributed by atoms with E-state index in [1.807, 2.05) is 6.07 Å². The number of guanidine groups is 1. The molecular weight excluding hydrogens is 378 g/mol. The smallest absolute Gasteiger partial charge is 0.213 e. The van der Waals surface area contributed by atoms with Gasteiger partial charge in [-0.05, 0) is 43.6 Å². The van der Waals surface area contributed by atoms with Crippen molar-refractivity contribution in [2.24, 2.45) is 4.99 Å². The van der Waals surface area contributed by atoms with Crippen molar-refractivity contribution in [2.75, 3.05) is 33.8 Å². The minimum atomic E-state index is -0.0507. The van der Waals surface area contributed by atoms with Crippen molar-refractivity contribution < 1.29 is 9.15 Å². The van der Waals surface area contributed by atoms with E-state index in [4.69, 9.17) is 9.15 Å². The maximum Gasteiger partial charge on any atom is 0.213 e. The van der Waals surface area contributed by atoms with Crippen LogP contribution in [-0.4, -0.2) is 49.6 Å². The van der Waals surface area contributed by atoms with Gasteiger partial charge in [0, 0.05) is 19.0 Å². The van der Waals surface area contributed by atoms with Gasteiger partial charge in [-0.15, -0.1) is 0 Å². The molecule has 1 aliphatic heterocycles. The largest absolute Gasteiger partial charge is 0.497 e. The highest BCUT2D eigenvalue weighted by Crippen LogP contribution is 2.27. The Morgan fingerprint density at radius 3 is 2.67 bits per heavy atom. The van der Waals surface area contributed by atoms with Crippen molar-refractivity contribution in [1.29, 1.82) is 0 Å². The lowest BCUT2D eigenvalue weighted by Crippen LogP contribution is -2.42. The Morgan fingerprint density at radius 2 is 2.03 bits per heavy atom. The number of oxazole rings is 1. The molecule has 1 aliphatic rings. The van der Waals surface area contributed by atoms with Crippen LogP contribution in [-0.2, 0) is 12.0 Å². The molecule has 30 heavy (non-hydrogen) atoms. The molecule has 1 saturated heterocycles. The van der Waals surface area contributed by atoms with Crippen molar-refractivity contribution in [1.82, 2.24) is 20.5 Å². The second-order valence-electron chi connectivity index (χ2n) is 8.71. The highest BCUT2D eigenvalue weighted by atomic mass is 16.5. The van der Waals surface area contributed by atoms with Gasteiger partial charge in [-0.25, -0.2) is 4.98 Å². The molecule has 0 bridgehead atoms. The van der Waals surface area contributed by atoms with Crippen LogP contribution in [0.5, 0.6) is 5.75 Å². The molecule has 7 nitrogen and oxygen atoms in total. The Hall–Kier alpha value is -2.54. The van der Waals surface area contributed by atoms with E-state index in [-0.39, 0.29) is 11.5 Å². The third kappa shape index (κ3) is 5.75. The van der Waals surface area contributed by atoms with Crippen molar-refractivity contribution >= 4 is 5.96 Å².